The van der Waals surface area contributed by atoms with Crippen molar-refractivity contribution in [3.63, 3.8) is 0 Å². The monoisotopic (exact) mass is 271 g/mol. The topological polar surface area (TPSA) is 93.0 Å². The normalized spacial score (nSPS) is 11.9. The number of aromatic nitrogens is 2. The van der Waals surface area contributed by atoms with Crippen LogP contribution in [-0.2, 0) is 0 Å². The molecule has 100 valence electrons. The molecule has 0 saturated carbocycles. The molecule has 0 bridgehead atoms. The predicted molar refractivity (Wildman–Crippen MR) is 74.3 cm³/mol. The van der Waals surface area contributed by atoms with Crippen LogP contribution in [0, 0.1) is 16.0 Å². The van der Waals surface area contributed by atoms with Crippen molar-refractivity contribution in [2.75, 3.05) is 36.2 Å². The van der Waals surface area contributed by atoms with Gasteiger partial charge in [0.25, 0.3) is 0 Å². The van der Waals surface area contributed by atoms with Crippen molar-refractivity contribution in [1.82, 2.24) is 9.97 Å². The smallest absolute Gasteiger partial charge is 0.353 e. The summed E-state index contributed by atoms with van der Waals surface area (Å²) >= 11 is 1.74. The average Bonchev–Trinajstić information content (AvgIpc) is 2.35. The SMILES string of the molecule is CNc1ncnc(NCC(C)CSC)c1[N+](=O)[O-]. The Hall–Kier alpha value is -1.57. The van der Waals surface area contributed by atoms with Crippen LogP contribution in [0.4, 0.5) is 17.3 Å². The van der Waals surface area contributed by atoms with Crippen molar-refractivity contribution < 1.29 is 4.92 Å². The molecule has 18 heavy (non-hydrogen) atoms. The fourth-order valence-electron chi connectivity index (χ4n) is 1.48. The van der Waals surface area contributed by atoms with Gasteiger partial charge in [0.05, 0.1) is 4.92 Å². The molecule has 0 radical (unpaired) electrons. The second-order valence-electron chi connectivity index (χ2n) is 3.87. The van der Waals surface area contributed by atoms with Crippen molar-refractivity contribution in [1.29, 1.82) is 0 Å². The van der Waals surface area contributed by atoms with Crippen LogP contribution in [-0.4, -0.2) is 40.5 Å². The Balaban J connectivity index is 2.85. The largest absolute Gasteiger partial charge is 0.367 e. The highest BCUT2D eigenvalue weighted by Gasteiger charge is 2.22. The summed E-state index contributed by atoms with van der Waals surface area (Å²) in [6.45, 7) is 2.72. The number of hydrogen-bond donors (Lipinski definition) is 2. The highest BCUT2D eigenvalue weighted by molar-refractivity contribution is 7.98. The molecule has 0 aliphatic heterocycles. The summed E-state index contributed by atoms with van der Waals surface area (Å²) < 4.78 is 0. The number of nitrogens with zero attached hydrogens (tertiary/aromatic N) is 3. The molecule has 0 aliphatic rings. The van der Waals surface area contributed by atoms with Crippen molar-refractivity contribution in [3.8, 4) is 0 Å². The summed E-state index contributed by atoms with van der Waals surface area (Å²) in [6.07, 6.45) is 3.34. The number of hydrogen-bond acceptors (Lipinski definition) is 7. The van der Waals surface area contributed by atoms with Gasteiger partial charge in [-0.15, -0.1) is 0 Å². The van der Waals surface area contributed by atoms with E-state index in [-0.39, 0.29) is 17.3 Å². The molecule has 0 aliphatic carbocycles. The molecule has 0 saturated heterocycles. The highest BCUT2D eigenvalue weighted by atomic mass is 32.2. The fraction of sp³-hybridized carbons (Fsp3) is 0.600. The Morgan fingerprint density at radius 2 is 2.17 bits per heavy atom. The lowest BCUT2D eigenvalue weighted by molar-refractivity contribution is -0.383. The molecule has 8 heteroatoms. The first-order valence-corrected chi connectivity index (χ1v) is 6.89. The van der Waals surface area contributed by atoms with Gasteiger partial charge in [0, 0.05) is 13.6 Å². The van der Waals surface area contributed by atoms with Crippen molar-refractivity contribution >= 4 is 29.1 Å². The summed E-state index contributed by atoms with van der Waals surface area (Å²) in [5.41, 5.74) is -0.114. The quantitative estimate of drug-likeness (QED) is 0.577. The summed E-state index contributed by atoms with van der Waals surface area (Å²) in [5.74, 6) is 1.88. The summed E-state index contributed by atoms with van der Waals surface area (Å²) in [6, 6.07) is 0. The van der Waals surface area contributed by atoms with Crippen LogP contribution < -0.4 is 10.6 Å². The molecule has 0 amide bonds. The van der Waals surface area contributed by atoms with Gasteiger partial charge in [0.2, 0.25) is 11.6 Å². The van der Waals surface area contributed by atoms with E-state index in [0.717, 1.165) is 5.75 Å². The number of thioether (sulfide) groups is 1. The zero-order chi connectivity index (χ0) is 13.5. The molecule has 1 atom stereocenters. The van der Waals surface area contributed by atoms with E-state index in [1.54, 1.807) is 18.8 Å². The third kappa shape index (κ3) is 3.73. The molecule has 1 heterocycles. The van der Waals surface area contributed by atoms with Gasteiger partial charge >= 0.3 is 5.69 Å². The van der Waals surface area contributed by atoms with Gasteiger partial charge in [-0.3, -0.25) is 10.1 Å². The van der Waals surface area contributed by atoms with Crippen molar-refractivity contribution in [3.05, 3.63) is 16.4 Å². The van der Waals surface area contributed by atoms with Crippen LogP contribution in [0.25, 0.3) is 0 Å². The van der Waals surface area contributed by atoms with Gasteiger partial charge in [0.1, 0.15) is 6.33 Å². The minimum atomic E-state index is -0.479. The molecule has 1 unspecified atom stereocenters. The van der Waals surface area contributed by atoms with E-state index in [1.165, 1.54) is 6.33 Å². The lowest BCUT2D eigenvalue weighted by Crippen LogP contribution is -2.16. The summed E-state index contributed by atoms with van der Waals surface area (Å²) in [5, 5.41) is 16.7. The molecular formula is C10H17N5O2S. The molecule has 1 aromatic rings. The van der Waals surface area contributed by atoms with E-state index in [1.807, 2.05) is 6.26 Å². The standard InChI is InChI=1S/C10H17N5O2S/c1-7(5-18-3)4-12-10-8(15(16)17)9(11-2)13-6-14-10/h6-7H,4-5H2,1-3H3,(H2,11,12,13,14). The first-order valence-electron chi connectivity index (χ1n) is 5.50. The molecule has 0 aromatic carbocycles. The lowest BCUT2D eigenvalue weighted by atomic mass is 10.2. The predicted octanol–water partition coefficient (Wildman–Crippen LogP) is 1.84. The van der Waals surface area contributed by atoms with Crippen LogP contribution in [0.15, 0.2) is 6.33 Å². The minimum Gasteiger partial charge on any atom is -0.367 e. The Kier molecular flexibility index (Phi) is 5.63. The molecule has 1 aromatic heterocycles. The zero-order valence-electron chi connectivity index (χ0n) is 10.6. The Morgan fingerprint density at radius 1 is 1.50 bits per heavy atom. The van der Waals surface area contributed by atoms with E-state index in [0.29, 0.717) is 12.5 Å². The average molecular weight is 271 g/mol. The van der Waals surface area contributed by atoms with E-state index in [9.17, 15) is 10.1 Å². The maximum Gasteiger partial charge on any atom is 0.353 e. The van der Waals surface area contributed by atoms with Crippen LogP contribution in [0.1, 0.15) is 6.92 Å². The van der Waals surface area contributed by atoms with Crippen LogP contribution in [0.3, 0.4) is 0 Å². The first-order chi connectivity index (χ1) is 8.60. The molecule has 0 spiro atoms. The van der Waals surface area contributed by atoms with E-state index in [2.05, 4.69) is 27.5 Å². The number of anilines is 2. The first kappa shape index (κ1) is 14.5. The second kappa shape index (κ2) is 7.00. The van der Waals surface area contributed by atoms with E-state index < -0.39 is 4.92 Å². The third-order valence-corrected chi connectivity index (χ3v) is 3.21. The van der Waals surface area contributed by atoms with Gasteiger partial charge in [-0.1, -0.05) is 6.92 Å². The Labute approximate surface area is 110 Å². The van der Waals surface area contributed by atoms with Gasteiger partial charge in [-0.25, -0.2) is 9.97 Å². The number of nitro groups is 1. The Morgan fingerprint density at radius 3 is 2.72 bits per heavy atom. The van der Waals surface area contributed by atoms with Crippen molar-refractivity contribution in [2.45, 2.75) is 6.92 Å². The summed E-state index contributed by atoms with van der Waals surface area (Å²) in [4.78, 5) is 18.3. The Bertz CT molecular complexity index is 415. The molecule has 2 N–H and O–H groups in total. The van der Waals surface area contributed by atoms with Gasteiger partial charge in [-0.05, 0) is 17.9 Å². The van der Waals surface area contributed by atoms with Gasteiger partial charge < -0.3 is 10.6 Å². The third-order valence-electron chi connectivity index (χ3n) is 2.31. The van der Waals surface area contributed by atoms with Crippen LogP contribution in [0.5, 0.6) is 0 Å². The fourth-order valence-corrected chi connectivity index (χ4v) is 2.17. The highest BCUT2D eigenvalue weighted by Crippen LogP contribution is 2.28. The van der Waals surface area contributed by atoms with E-state index in [4.69, 9.17) is 0 Å². The molecule has 0 fully saturated rings. The maximum absolute atomic E-state index is 11.0. The number of nitrogens with one attached hydrogen (secondary N) is 2. The van der Waals surface area contributed by atoms with Crippen LogP contribution >= 0.6 is 11.8 Å². The number of rotatable bonds is 7. The molecule has 7 nitrogen and oxygen atoms in total. The summed E-state index contributed by atoms with van der Waals surface area (Å²) in [7, 11) is 1.59. The molecule has 1 rings (SSSR count). The zero-order valence-corrected chi connectivity index (χ0v) is 11.5. The van der Waals surface area contributed by atoms with Crippen molar-refractivity contribution in [2.24, 2.45) is 5.92 Å². The van der Waals surface area contributed by atoms with E-state index >= 15 is 0 Å². The maximum atomic E-state index is 11.0. The van der Waals surface area contributed by atoms with Gasteiger partial charge in [0.15, 0.2) is 0 Å². The second-order valence-corrected chi connectivity index (χ2v) is 4.78. The van der Waals surface area contributed by atoms with Crippen LogP contribution in [0.2, 0.25) is 0 Å². The van der Waals surface area contributed by atoms with Gasteiger partial charge in [-0.2, -0.15) is 11.8 Å². The molecular weight excluding hydrogens is 254 g/mol. The lowest BCUT2D eigenvalue weighted by Gasteiger charge is -2.12. The minimum absolute atomic E-state index is 0.114.